The number of benzene rings is 1. The predicted molar refractivity (Wildman–Crippen MR) is 92.3 cm³/mol. The van der Waals surface area contributed by atoms with E-state index in [4.69, 9.17) is 9.15 Å². The van der Waals surface area contributed by atoms with E-state index in [0.717, 1.165) is 0 Å². The second-order valence-corrected chi connectivity index (χ2v) is 5.94. The first-order valence-corrected chi connectivity index (χ1v) is 8.20. The van der Waals surface area contributed by atoms with Crippen LogP contribution in [0.3, 0.4) is 0 Å². The van der Waals surface area contributed by atoms with Crippen molar-refractivity contribution in [3.8, 4) is 0 Å². The molecule has 0 bridgehead atoms. The summed E-state index contributed by atoms with van der Waals surface area (Å²) in [5.41, 5.74) is 1.10. The quantitative estimate of drug-likeness (QED) is 0.352. The van der Waals surface area contributed by atoms with E-state index in [0.29, 0.717) is 23.3 Å². The van der Waals surface area contributed by atoms with Crippen molar-refractivity contribution in [2.45, 2.75) is 19.3 Å². The van der Waals surface area contributed by atoms with Crippen molar-refractivity contribution in [1.82, 2.24) is 0 Å². The van der Waals surface area contributed by atoms with Crippen LogP contribution in [0.25, 0.3) is 5.57 Å². The van der Waals surface area contributed by atoms with Crippen LogP contribution in [0.1, 0.15) is 30.6 Å². The molecule has 0 N–H and O–H groups in total. The highest BCUT2D eigenvalue weighted by Crippen LogP contribution is 2.41. The standard InChI is InChI=1S/C19H17NO6/c1-2-25-19(22)18-15(12-5-3-6-14(9-12)20(23)24)10-13(11-16(18)21)17-7-4-8-26-17/h3-9,11,15,18H,2,10H2,1H3/t15-,18-/m1/s1. The third-order valence-electron chi connectivity index (χ3n) is 4.35. The van der Waals surface area contributed by atoms with Crippen molar-refractivity contribution in [2.24, 2.45) is 5.92 Å². The number of allylic oxidation sites excluding steroid dienone is 2. The molecule has 2 atom stereocenters. The van der Waals surface area contributed by atoms with Crippen LogP contribution in [0, 0.1) is 16.0 Å². The summed E-state index contributed by atoms with van der Waals surface area (Å²) in [4.78, 5) is 35.6. The van der Waals surface area contributed by atoms with Crippen LogP contribution >= 0.6 is 0 Å². The van der Waals surface area contributed by atoms with Crippen molar-refractivity contribution < 1.29 is 23.7 Å². The minimum Gasteiger partial charge on any atom is -0.465 e. The second-order valence-electron chi connectivity index (χ2n) is 5.94. The van der Waals surface area contributed by atoms with Gasteiger partial charge in [-0.15, -0.1) is 0 Å². The minimum atomic E-state index is -1.03. The number of carbonyl (C=O) groups is 2. The van der Waals surface area contributed by atoms with E-state index in [2.05, 4.69) is 0 Å². The first-order valence-electron chi connectivity index (χ1n) is 8.20. The first kappa shape index (κ1) is 17.6. The number of nitro groups is 1. The molecule has 7 heteroatoms. The zero-order valence-corrected chi connectivity index (χ0v) is 14.1. The van der Waals surface area contributed by atoms with E-state index in [9.17, 15) is 19.7 Å². The number of rotatable bonds is 5. The van der Waals surface area contributed by atoms with E-state index < -0.39 is 28.5 Å². The lowest BCUT2D eigenvalue weighted by Crippen LogP contribution is -2.34. The number of esters is 1. The summed E-state index contributed by atoms with van der Waals surface area (Å²) in [6.07, 6.45) is 3.23. The number of hydrogen-bond acceptors (Lipinski definition) is 6. The fraction of sp³-hybridized carbons (Fsp3) is 0.263. The predicted octanol–water partition coefficient (Wildman–Crippen LogP) is 3.51. The average Bonchev–Trinajstić information content (AvgIpc) is 3.16. The normalized spacial score (nSPS) is 19.7. The molecule has 0 aliphatic heterocycles. The van der Waals surface area contributed by atoms with Crippen molar-refractivity contribution in [3.05, 3.63) is 70.2 Å². The molecule has 1 aromatic carbocycles. The molecule has 7 nitrogen and oxygen atoms in total. The number of hydrogen-bond donors (Lipinski definition) is 0. The summed E-state index contributed by atoms with van der Waals surface area (Å²) in [5, 5.41) is 11.1. The Balaban J connectivity index is 2.04. The molecular formula is C19H17NO6. The van der Waals surface area contributed by atoms with Gasteiger partial charge in [0.1, 0.15) is 11.7 Å². The Morgan fingerprint density at radius 1 is 1.35 bits per heavy atom. The third-order valence-corrected chi connectivity index (χ3v) is 4.35. The Morgan fingerprint density at radius 2 is 2.15 bits per heavy atom. The number of non-ortho nitro benzene ring substituents is 1. The van der Waals surface area contributed by atoms with Gasteiger partial charge in [-0.1, -0.05) is 12.1 Å². The van der Waals surface area contributed by atoms with Gasteiger partial charge in [0.2, 0.25) is 0 Å². The Hall–Kier alpha value is -3.22. The monoisotopic (exact) mass is 355 g/mol. The summed E-state index contributed by atoms with van der Waals surface area (Å²) in [7, 11) is 0. The van der Waals surface area contributed by atoms with E-state index in [-0.39, 0.29) is 12.3 Å². The lowest BCUT2D eigenvalue weighted by atomic mass is 9.74. The molecule has 1 aliphatic rings. The maximum atomic E-state index is 12.7. The van der Waals surface area contributed by atoms with Crippen LogP contribution in [-0.2, 0) is 14.3 Å². The van der Waals surface area contributed by atoms with Gasteiger partial charge < -0.3 is 9.15 Å². The number of carbonyl (C=O) groups excluding carboxylic acids is 2. The molecule has 1 aromatic heterocycles. The first-order chi connectivity index (χ1) is 12.5. The smallest absolute Gasteiger partial charge is 0.317 e. The fourth-order valence-corrected chi connectivity index (χ4v) is 3.20. The van der Waals surface area contributed by atoms with Gasteiger partial charge in [-0.25, -0.2) is 0 Å². The van der Waals surface area contributed by atoms with E-state index in [1.807, 2.05) is 0 Å². The number of furan rings is 1. The van der Waals surface area contributed by atoms with Crippen LogP contribution in [0.5, 0.6) is 0 Å². The highest BCUT2D eigenvalue weighted by atomic mass is 16.6. The van der Waals surface area contributed by atoms with Crippen LogP contribution in [0.4, 0.5) is 5.69 Å². The zero-order chi connectivity index (χ0) is 18.7. The second kappa shape index (κ2) is 7.35. The molecule has 0 radical (unpaired) electrons. The van der Waals surface area contributed by atoms with Gasteiger partial charge in [0, 0.05) is 18.1 Å². The van der Waals surface area contributed by atoms with Crippen LogP contribution < -0.4 is 0 Å². The van der Waals surface area contributed by atoms with Gasteiger partial charge in [0.15, 0.2) is 5.78 Å². The molecule has 3 rings (SSSR count). The fourth-order valence-electron chi connectivity index (χ4n) is 3.20. The zero-order valence-electron chi connectivity index (χ0n) is 14.1. The molecule has 0 unspecified atom stereocenters. The SMILES string of the molecule is CCOC(=O)[C@H]1C(=O)C=C(c2ccco2)C[C@@H]1c1cccc([N+](=O)[O-])c1. The molecule has 1 heterocycles. The van der Waals surface area contributed by atoms with Crippen LogP contribution in [0.15, 0.2) is 53.2 Å². The Kier molecular flexibility index (Phi) is 4.97. The molecule has 0 fully saturated rings. The summed E-state index contributed by atoms with van der Waals surface area (Å²) < 4.78 is 10.4. The number of nitro benzene ring substituents is 1. The Bertz CT molecular complexity index is 868. The highest BCUT2D eigenvalue weighted by molar-refractivity contribution is 6.10. The maximum absolute atomic E-state index is 12.7. The Morgan fingerprint density at radius 3 is 2.81 bits per heavy atom. The van der Waals surface area contributed by atoms with Crippen molar-refractivity contribution in [3.63, 3.8) is 0 Å². The van der Waals surface area contributed by atoms with Gasteiger partial charge in [0.05, 0.1) is 17.8 Å². The largest absolute Gasteiger partial charge is 0.465 e. The average molecular weight is 355 g/mol. The number of ketones is 1. The van der Waals surface area contributed by atoms with Crippen LogP contribution in [-0.4, -0.2) is 23.3 Å². The van der Waals surface area contributed by atoms with E-state index in [1.54, 1.807) is 31.2 Å². The number of nitrogens with zero attached hydrogens (tertiary/aromatic N) is 1. The molecule has 0 saturated heterocycles. The molecule has 0 amide bonds. The van der Waals surface area contributed by atoms with Gasteiger partial charge >= 0.3 is 5.97 Å². The summed E-state index contributed by atoms with van der Waals surface area (Å²) >= 11 is 0. The molecule has 26 heavy (non-hydrogen) atoms. The van der Waals surface area contributed by atoms with E-state index in [1.165, 1.54) is 24.5 Å². The lowest BCUT2D eigenvalue weighted by Gasteiger charge is -2.28. The van der Waals surface area contributed by atoms with Gasteiger partial charge in [0.25, 0.3) is 5.69 Å². The van der Waals surface area contributed by atoms with Crippen LogP contribution in [0.2, 0.25) is 0 Å². The van der Waals surface area contributed by atoms with Gasteiger partial charge in [-0.2, -0.15) is 0 Å². The summed E-state index contributed by atoms with van der Waals surface area (Å²) in [6.45, 7) is 1.82. The molecule has 0 saturated carbocycles. The lowest BCUT2D eigenvalue weighted by molar-refractivity contribution is -0.384. The molecule has 2 aromatic rings. The van der Waals surface area contributed by atoms with Gasteiger partial charge in [-0.3, -0.25) is 19.7 Å². The third kappa shape index (κ3) is 3.42. The number of ether oxygens (including phenoxy) is 1. The topological polar surface area (TPSA) is 99.7 Å². The Labute approximate surface area is 149 Å². The maximum Gasteiger partial charge on any atom is 0.317 e. The molecule has 134 valence electrons. The molecular weight excluding hydrogens is 338 g/mol. The minimum absolute atomic E-state index is 0.0911. The van der Waals surface area contributed by atoms with Crippen molar-refractivity contribution in [1.29, 1.82) is 0 Å². The van der Waals surface area contributed by atoms with Crippen molar-refractivity contribution >= 4 is 23.0 Å². The van der Waals surface area contributed by atoms with Gasteiger partial charge in [-0.05, 0) is 42.7 Å². The molecule has 1 aliphatic carbocycles. The summed E-state index contributed by atoms with van der Waals surface area (Å²) in [5.74, 6) is -2.07. The molecule has 0 spiro atoms. The highest BCUT2D eigenvalue weighted by Gasteiger charge is 2.40. The van der Waals surface area contributed by atoms with E-state index >= 15 is 0 Å². The summed E-state index contributed by atoms with van der Waals surface area (Å²) in [6, 6.07) is 9.44. The van der Waals surface area contributed by atoms with Crippen molar-refractivity contribution in [2.75, 3.05) is 6.61 Å².